The van der Waals surface area contributed by atoms with Gasteiger partial charge in [0.1, 0.15) is 5.15 Å². The summed E-state index contributed by atoms with van der Waals surface area (Å²) >= 11 is 5.97. The second kappa shape index (κ2) is 6.30. The van der Waals surface area contributed by atoms with Crippen molar-refractivity contribution in [2.75, 3.05) is 32.7 Å². The Morgan fingerprint density at radius 2 is 2.10 bits per heavy atom. The van der Waals surface area contributed by atoms with Gasteiger partial charge in [-0.25, -0.2) is 13.4 Å². The first kappa shape index (κ1) is 16.2. The Morgan fingerprint density at radius 1 is 1.38 bits per heavy atom. The van der Waals surface area contributed by atoms with Crippen LogP contribution in [0, 0.1) is 0 Å². The van der Waals surface area contributed by atoms with Crippen molar-refractivity contribution in [2.24, 2.45) is 12.8 Å². The molecular weight excluding hydrogens is 318 g/mol. The zero-order valence-electron chi connectivity index (χ0n) is 11.7. The molecule has 10 heteroatoms. The molecule has 21 heavy (non-hydrogen) atoms. The predicted octanol–water partition coefficient (Wildman–Crippen LogP) is -0.745. The van der Waals surface area contributed by atoms with Crippen LogP contribution in [0.1, 0.15) is 6.42 Å². The molecule has 8 nitrogen and oxygen atoms in total. The van der Waals surface area contributed by atoms with Crippen molar-refractivity contribution in [3.63, 3.8) is 0 Å². The van der Waals surface area contributed by atoms with E-state index in [2.05, 4.69) is 4.98 Å². The molecule has 0 unspecified atom stereocenters. The van der Waals surface area contributed by atoms with E-state index in [1.54, 1.807) is 7.05 Å². The van der Waals surface area contributed by atoms with Gasteiger partial charge in [0.05, 0.1) is 12.9 Å². The third-order valence-corrected chi connectivity index (χ3v) is 5.74. The predicted molar refractivity (Wildman–Crippen MR) is 77.2 cm³/mol. The van der Waals surface area contributed by atoms with Crippen LogP contribution >= 0.6 is 11.6 Å². The molecule has 1 aliphatic rings. The van der Waals surface area contributed by atoms with Gasteiger partial charge in [-0.2, -0.15) is 4.31 Å². The molecule has 2 heterocycles. The van der Waals surface area contributed by atoms with E-state index in [0.717, 1.165) is 0 Å². The number of halogens is 1. The van der Waals surface area contributed by atoms with E-state index >= 15 is 0 Å². The lowest BCUT2D eigenvalue weighted by atomic mass is 10.4. The molecule has 1 aromatic heterocycles. The summed E-state index contributed by atoms with van der Waals surface area (Å²) in [5.41, 5.74) is 5.17. The van der Waals surface area contributed by atoms with Crippen molar-refractivity contribution >= 4 is 27.5 Å². The maximum absolute atomic E-state index is 12.6. The second-order valence-electron chi connectivity index (χ2n) is 4.95. The number of aromatic nitrogens is 2. The average molecular weight is 336 g/mol. The van der Waals surface area contributed by atoms with Crippen molar-refractivity contribution in [3.8, 4) is 0 Å². The number of hydrogen-bond donors (Lipinski definition) is 1. The van der Waals surface area contributed by atoms with Gasteiger partial charge >= 0.3 is 0 Å². The lowest BCUT2D eigenvalue weighted by molar-refractivity contribution is -0.119. The van der Waals surface area contributed by atoms with E-state index in [0.29, 0.717) is 26.1 Å². The lowest BCUT2D eigenvalue weighted by Crippen LogP contribution is -2.38. The molecule has 1 amide bonds. The summed E-state index contributed by atoms with van der Waals surface area (Å²) in [5.74, 6) is -0.418. The minimum Gasteiger partial charge on any atom is -0.369 e. The Hall–Kier alpha value is -1.16. The Labute approximate surface area is 128 Å². The number of carbonyl (C=O) groups excluding carboxylic acids is 1. The molecule has 118 valence electrons. The first-order chi connectivity index (χ1) is 9.82. The molecule has 1 saturated heterocycles. The zero-order chi connectivity index (χ0) is 15.6. The molecule has 2 N–H and O–H groups in total. The summed E-state index contributed by atoms with van der Waals surface area (Å²) in [6.07, 6.45) is 1.99. The van der Waals surface area contributed by atoms with Gasteiger partial charge in [-0.05, 0) is 13.0 Å². The van der Waals surface area contributed by atoms with Crippen LogP contribution in [0.25, 0.3) is 0 Å². The molecule has 0 atom stereocenters. The number of hydrogen-bond acceptors (Lipinski definition) is 5. The number of carbonyl (C=O) groups is 1. The normalized spacial score (nSPS) is 18.6. The van der Waals surface area contributed by atoms with E-state index in [1.807, 2.05) is 4.90 Å². The number of nitrogens with two attached hydrogens (primary N) is 1. The quantitative estimate of drug-likeness (QED) is 0.780. The number of primary amides is 1. The molecule has 0 bridgehead atoms. The summed E-state index contributed by atoms with van der Waals surface area (Å²) in [5, 5.41) is -0.0387. The van der Waals surface area contributed by atoms with Gasteiger partial charge in [-0.15, -0.1) is 0 Å². The summed E-state index contributed by atoms with van der Waals surface area (Å²) in [6.45, 7) is 1.86. The van der Waals surface area contributed by atoms with Crippen LogP contribution in [0.4, 0.5) is 0 Å². The van der Waals surface area contributed by atoms with E-state index in [4.69, 9.17) is 17.3 Å². The molecule has 1 aliphatic heterocycles. The minimum absolute atomic E-state index is 0.0910. The molecule has 0 radical (unpaired) electrons. The number of aryl methyl sites for hydroxylation is 1. The summed E-state index contributed by atoms with van der Waals surface area (Å²) in [7, 11) is -2.09. The Kier molecular flexibility index (Phi) is 4.87. The highest BCUT2D eigenvalue weighted by atomic mass is 35.5. The van der Waals surface area contributed by atoms with Crippen LogP contribution in [-0.2, 0) is 21.9 Å². The number of imidazole rings is 1. The summed E-state index contributed by atoms with van der Waals surface area (Å²) in [4.78, 5) is 16.7. The summed E-state index contributed by atoms with van der Waals surface area (Å²) in [6, 6.07) is 0. The van der Waals surface area contributed by atoms with Crippen molar-refractivity contribution in [1.29, 1.82) is 0 Å². The third kappa shape index (κ3) is 3.54. The van der Waals surface area contributed by atoms with Crippen LogP contribution in [0.15, 0.2) is 11.4 Å². The topological polar surface area (TPSA) is 102 Å². The van der Waals surface area contributed by atoms with Crippen molar-refractivity contribution in [3.05, 3.63) is 11.5 Å². The molecule has 1 fully saturated rings. The fourth-order valence-electron chi connectivity index (χ4n) is 2.26. The van der Waals surface area contributed by atoms with Crippen LogP contribution < -0.4 is 5.73 Å². The number of rotatable bonds is 4. The standard InChI is InChI=1S/C11H18ClN5O3S/c1-15-8-14-11(10(15)12)21(19,20)17-4-2-3-16(5-6-17)7-9(13)18/h8H,2-7H2,1H3,(H2,13,18). The minimum atomic E-state index is -3.72. The Balaban J connectivity index is 2.14. The SMILES string of the molecule is Cn1cnc(S(=O)(=O)N2CCCN(CC(N)=O)CC2)c1Cl. The third-order valence-electron chi connectivity index (χ3n) is 3.35. The summed E-state index contributed by atoms with van der Waals surface area (Å²) < 4.78 is 27.9. The maximum atomic E-state index is 12.6. The highest BCUT2D eigenvalue weighted by Gasteiger charge is 2.31. The van der Waals surface area contributed by atoms with E-state index in [1.165, 1.54) is 15.2 Å². The lowest BCUT2D eigenvalue weighted by Gasteiger charge is -2.20. The second-order valence-corrected chi connectivity index (χ2v) is 7.16. The fourth-order valence-corrected chi connectivity index (χ4v) is 4.11. The van der Waals surface area contributed by atoms with Crippen LogP contribution in [0.3, 0.4) is 0 Å². The van der Waals surface area contributed by atoms with Gasteiger partial charge in [0, 0.05) is 26.7 Å². The van der Waals surface area contributed by atoms with E-state index in [9.17, 15) is 13.2 Å². The number of nitrogens with zero attached hydrogens (tertiary/aromatic N) is 4. The maximum Gasteiger partial charge on any atom is 0.263 e. The van der Waals surface area contributed by atoms with Gasteiger partial charge in [0.15, 0.2) is 0 Å². The van der Waals surface area contributed by atoms with Crippen molar-refractivity contribution in [1.82, 2.24) is 18.8 Å². The van der Waals surface area contributed by atoms with Gasteiger partial charge in [-0.3, -0.25) is 9.69 Å². The van der Waals surface area contributed by atoms with Crippen molar-refractivity contribution in [2.45, 2.75) is 11.4 Å². The van der Waals surface area contributed by atoms with Gasteiger partial charge in [0.25, 0.3) is 10.0 Å². The van der Waals surface area contributed by atoms with Crippen LogP contribution in [0.2, 0.25) is 5.15 Å². The average Bonchev–Trinajstić information content (AvgIpc) is 2.62. The first-order valence-corrected chi connectivity index (χ1v) is 8.32. The van der Waals surface area contributed by atoms with E-state index < -0.39 is 15.9 Å². The molecular formula is C11H18ClN5O3S. The highest BCUT2D eigenvalue weighted by molar-refractivity contribution is 7.89. The van der Waals surface area contributed by atoms with Gasteiger partial charge in [0.2, 0.25) is 10.9 Å². The molecule has 0 saturated carbocycles. The number of amides is 1. The van der Waals surface area contributed by atoms with E-state index in [-0.39, 0.29) is 23.3 Å². The highest BCUT2D eigenvalue weighted by Crippen LogP contribution is 2.23. The van der Waals surface area contributed by atoms with Gasteiger partial charge < -0.3 is 10.3 Å². The molecule has 2 rings (SSSR count). The fraction of sp³-hybridized carbons (Fsp3) is 0.636. The largest absolute Gasteiger partial charge is 0.369 e. The Morgan fingerprint density at radius 3 is 2.67 bits per heavy atom. The monoisotopic (exact) mass is 335 g/mol. The number of sulfonamides is 1. The molecule has 0 aromatic carbocycles. The smallest absolute Gasteiger partial charge is 0.263 e. The van der Waals surface area contributed by atoms with Crippen molar-refractivity contribution < 1.29 is 13.2 Å². The van der Waals surface area contributed by atoms with Crippen LogP contribution in [0.5, 0.6) is 0 Å². The Bertz CT molecular complexity index is 630. The molecule has 0 spiro atoms. The first-order valence-electron chi connectivity index (χ1n) is 6.50. The van der Waals surface area contributed by atoms with Crippen LogP contribution in [-0.4, -0.2) is 65.8 Å². The zero-order valence-corrected chi connectivity index (χ0v) is 13.3. The molecule has 0 aliphatic carbocycles. The molecule has 1 aromatic rings. The van der Waals surface area contributed by atoms with Gasteiger partial charge in [-0.1, -0.05) is 11.6 Å².